The van der Waals surface area contributed by atoms with Crippen molar-refractivity contribution in [2.45, 2.75) is 55.4 Å². The Kier molecular flexibility index (Phi) is 7.41. The summed E-state index contributed by atoms with van der Waals surface area (Å²) in [6, 6.07) is 0. The minimum absolute atomic E-state index is 0.0305. The summed E-state index contributed by atoms with van der Waals surface area (Å²) in [5.74, 6) is -5.11. The maximum atomic E-state index is 15.9. The van der Waals surface area contributed by atoms with Crippen LogP contribution in [0.5, 0.6) is 0 Å². The van der Waals surface area contributed by atoms with Gasteiger partial charge < -0.3 is 0 Å². The van der Waals surface area contributed by atoms with Gasteiger partial charge in [0.25, 0.3) is 0 Å². The van der Waals surface area contributed by atoms with Crippen LogP contribution in [0.2, 0.25) is 0 Å². The Morgan fingerprint density at radius 2 is 0.425 bits per heavy atom. The molecule has 0 spiro atoms. The van der Waals surface area contributed by atoms with E-state index >= 15 is 26.3 Å². The van der Waals surface area contributed by atoms with Crippen molar-refractivity contribution in [3.63, 3.8) is 0 Å². The van der Waals surface area contributed by atoms with Crippen LogP contribution in [0, 0.1) is 132 Å². The van der Waals surface area contributed by atoms with Crippen LogP contribution in [0.15, 0.2) is 0 Å². The number of rotatable bonds is 0. The predicted octanol–water partition coefficient (Wildman–Crippen LogP) is 6.04. The van der Waals surface area contributed by atoms with E-state index in [1.54, 1.807) is 27.7 Å². The average molecular weight is 931 g/mol. The first-order valence-electron chi connectivity index (χ1n) is 12.7. The van der Waals surface area contributed by atoms with Crippen molar-refractivity contribution >= 4 is 57.8 Å². The zero-order chi connectivity index (χ0) is 29.9. The van der Waals surface area contributed by atoms with Crippen LogP contribution in [0.25, 0.3) is 0 Å². The normalized spacial score (nSPS) is 11.9. The Morgan fingerprint density at radius 3 is 0.625 bits per heavy atom. The Hall–Kier alpha value is -1.70. The number of benzene rings is 4. The third-order valence-electron chi connectivity index (χ3n) is 8.64. The van der Waals surface area contributed by atoms with E-state index in [-0.39, 0.29) is 95.4 Å². The molecule has 5 rings (SSSR count). The summed E-state index contributed by atoms with van der Waals surface area (Å²) in [5.41, 5.74) is 1.48. The topological polar surface area (TPSA) is 0 Å². The number of fused-ring (bicyclic) bond motifs is 4. The Balaban J connectivity index is 2.73. The van der Waals surface area contributed by atoms with Crippen LogP contribution >= 0.6 is 0 Å². The fourth-order valence-electron chi connectivity index (χ4n) is 6.32. The molecule has 0 saturated carbocycles. The van der Waals surface area contributed by atoms with Crippen molar-refractivity contribution < 1.29 is 26.3 Å². The van der Waals surface area contributed by atoms with Crippen molar-refractivity contribution in [2.24, 2.45) is 0 Å². The molecular weight excluding hydrogens is 907 g/mol. The average Bonchev–Trinajstić information content (AvgIpc) is 2.92. The number of halogens is 6. The summed E-state index contributed by atoms with van der Waals surface area (Å²) in [5, 5.41) is 2.79. The van der Waals surface area contributed by atoms with Gasteiger partial charge in [0.2, 0.25) is 0 Å². The number of hydrogen-bond donors (Lipinski definition) is 0. The molecule has 0 heterocycles. The Bertz CT molecular complexity index is 1750. The molecular formula is C32H24F6Tl2. The summed E-state index contributed by atoms with van der Waals surface area (Å²) in [4.78, 5) is 0. The van der Waals surface area contributed by atoms with Crippen LogP contribution in [0.3, 0.4) is 0 Å². The third kappa shape index (κ3) is 3.72. The molecule has 40 heavy (non-hydrogen) atoms. The summed E-state index contributed by atoms with van der Waals surface area (Å²) < 4.78 is 94.9. The second-order valence-electron chi connectivity index (χ2n) is 10.7. The van der Waals surface area contributed by atoms with Gasteiger partial charge in [0.1, 0.15) is 0 Å². The summed E-state index contributed by atoms with van der Waals surface area (Å²) in [7, 11) is 0. The van der Waals surface area contributed by atoms with Crippen LogP contribution in [-0.2, 0) is 0 Å². The third-order valence-corrected chi connectivity index (χ3v) is 14.0. The SMILES string of the molecule is Cc1c(F)c(F)c(C)c2c1=c1c(C)c(F)[c]([Tl])c(C)c1=c1c(C)c(F)c(F)c(C)c1=c1c(C)[c]([Tl])c(F)c(C)c1=2. The molecule has 0 N–H and O–H groups in total. The molecule has 0 atom stereocenters. The van der Waals surface area contributed by atoms with E-state index in [1.165, 1.54) is 27.7 Å². The van der Waals surface area contributed by atoms with E-state index in [9.17, 15) is 0 Å². The number of hydrogen-bond acceptors (Lipinski definition) is 0. The molecule has 200 valence electrons. The van der Waals surface area contributed by atoms with Crippen molar-refractivity contribution in [3.05, 3.63) is 121 Å². The van der Waals surface area contributed by atoms with Crippen LogP contribution in [0.4, 0.5) is 26.3 Å². The van der Waals surface area contributed by atoms with Crippen molar-refractivity contribution in [3.8, 4) is 0 Å². The predicted molar refractivity (Wildman–Crippen MR) is 145 cm³/mol. The fraction of sp³-hybridized carbons (Fsp3) is 0.250. The second kappa shape index (κ2) is 9.95. The summed E-state index contributed by atoms with van der Waals surface area (Å²) >= 11 is 0.142. The van der Waals surface area contributed by atoms with Gasteiger partial charge in [-0.05, 0) is 0 Å². The van der Waals surface area contributed by atoms with Crippen LogP contribution < -0.4 is 6.25 Å². The Labute approximate surface area is 258 Å². The molecule has 0 saturated heterocycles. The Morgan fingerprint density at radius 1 is 0.275 bits per heavy atom. The van der Waals surface area contributed by atoms with E-state index in [0.29, 0.717) is 48.7 Å². The molecule has 1 aliphatic rings. The molecule has 0 bridgehead atoms. The second-order valence-corrected chi connectivity index (χ2v) is 15.2. The minimum atomic E-state index is -1.08. The van der Waals surface area contributed by atoms with E-state index in [0.717, 1.165) is 0 Å². The fourth-order valence-corrected chi connectivity index (χ4v) is 9.13. The molecule has 0 unspecified atom stereocenters. The van der Waals surface area contributed by atoms with Gasteiger partial charge in [-0.1, -0.05) is 0 Å². The first kappa shape index (κ1) is 29.8. The van der Waals surface area contributed by atoms with Gasteiger partial charge >= 0.3 is 261 Å². The molecule has 4 aromatic rings. The molecule has 4 aromatic carbocycles. The van der Waals surface area contributed by atoms with Gasteiger partial charge in [-0.15, -0.1) is 0 Å². The van der Waals surface area contributed by atoms with E-state index in [1.807, 2.05) is 0 Å². The van der Waals surface area contributed by atoms with Crippen molar-refractivity contribution in [1.82, 2.24) is 0 Å². The van der Waals surface area contributed by atoms with Gasteiger partial charge in [-0.25, -0.2) is 0 Å². The molecule has 0 fully saturated rings. The molecule has 0 amide bonds. The van der Waals surface area contributed by atoms with Crippen molar-refractivity contribution in [2.75, 3.05) is 0 Å². The van der Waals surface area contributed by atoms with Crippen LogP contribution in [-0.4, -0.2) is 51.5 Å². The zero-order valence-corrected chi connectivity index (χ0v) is 32.4. The monoisotopic (exact) mass is 932 g/mol. The van der Waals surface area contributed by atoms with E-state index in [2.05, 4.69) is 0 Å². The van der Waals surface area contributed by atoms with Gasteiger partial charge in [0.15, 0.2) is 0 Å². The van der Waals surface area contributed by atoms with Gasteiger partial charge in [-0.2, -0.15) is 0 Å². The van der Waals surface area contributed by atoms with Crippen LogP contribution in [0.1, 0.15) is 44.5 Å². The van der Waals surface area contributed by atoms with Gasteiger partial charge in [0.05, 0.1) is 0 Å². The quantitative estimate of drug-likeness (QED) is 0.132. The first-order valence-corrected chi connectivity index (χ1v) is 17.2. The zero-order valence-electron chi connectivity index (χ0n) is 23.4. The summed E-state index contributed by atoms with van der Waals surface area (Å²) in [6.45, 7) is 12.4. The molecule has 0 aromatic heterocycles. The molecule has 0 aliphatic heterocycles. The molecule has 1 aliphatic carbocycles. The molecule has 0 nitrogen and oxygen atoms in total. The standard InChI is InChI=1S/C32H24F6.2Tl/c1-11-9-19(33)13(3)23-21(11)25-15(5)29(35)30(36)16(6)26(25)22-12(2)10-20(34)14(4)24(22)28-18(8)32(38)31(37)17(7)27(23)28;;/h1-8H3;;. The van der Waals surface area contributed by atoms with E-state index < -0.39 is 34.9 Å². The van der Waals surface area contributed by atoms with Crippen molar-refractivity contribution in [1.29, 1.82) is 0 Å². The molecule has 0 radical (unpaired) electrons. The summed E-state index contributed by atoms with van der Waals surface area (Å²) in [6.07, 6.45) is 0. The van der Waals surface area contributed by atoms with Gasteiger partial charge in [-0.3, -0.25) is 0 Å². The first-order chi connectivity index (χ1) is 18.6. The van der Waals surface area contributed by atoms with Gasteiger partial charge in [0, 0.05) is 0 Å². The maximum absolute atomic E-state index is 15.9. The van der Waals surface area contributed by atoms with E-state index in [4.69, 9.17) is 0 Å². The molecule has 8 heteroatoms.